The average molecular weight is 327 g/mol. The number of anilines is 1. The molecule has 1 amide bonds. The SMILES string of the molecule is Nc1scnc1C(=O)NC1(c2ccccc2C(F)(F)F)CC1. The number of rotatable bonds is 3. The first-order chi connectivity index (χ1) is 10.3. The number of amides is 1. The largest absolute Gasteiger partial charge is 0.416 e. The van der Waals surface area contributed by atoms with Gasteiger partial charge < -0.3 is 11.1 Å². The fourth-order valence-electron chi connectivity index (χ4n) is 2.44. The Balaban J connectivity index is 1.92. The molecule has 1 saturated carbocycles. The zero-order valence-corrected chi connectivity index (χ0v) is 12.1. The molecule has 8 heteroatoms. The van der Waals surface area contributed by atoms with Crippen LogP contribution in [0.4, 0.5) is 18.2 Å². The molecule has 0 aliphatic heterocycles. The molecule has 1 aliphatic rings. The lowest BCUT2D eigenvalue weighted by molar-refractivity contribution is -0.138. The topological polar surface area (TPSA) is 68.0 Å². The van der Waals surface area contributed by atoms with Gasteiger partial charge in [-0.25, -0.2) is 4.98 Å². The summed E-state index contributed by atoms with van der Waals surface area (Å²) in [5.74, 6) is -0.548. The maximum absolute atomic E-state index is 13.1. The van der Waals surface area contributed by atoms with Crippen LogP contribution in [0, 0.1) is 0 Å². The Morgan fingerprint density at radius 2 is 2.00 bits per heavy atom. The number of carbonyl (C=O) groups excluding carboxylic acids is 1. The first-order valence-electron chi connectivity index (χ1n) is 6.52. The molecule has 0 radical (unpaired) electrons. The van der Waals surface area contributed by atoms with E-state index in [4.69, 9.17) is 5.73 Å². The van der Waals surface area contributed by atoms with E-state index in [1.54, 1.807) is 0 Å². The van der Waals surface area contributed by atoms with Crippen LogP contribution in [0.15, 0.2) is 29.8 Å². The van der Waals surface area contributed by atoms with Gasteiger partial charge in [-0.15, -0.1) is 11.3 Å². The Morgan fingerprint density at radius 3 is 2.55 bits per heavy atom. The molecule has 3 N–H and O–H groups in total. The number of nitrogens with two attached hydrogens (primary N) is 1. The molecule has 1 aromatic heterocycles. The van der Waals surface area contributed by atoms with E-state index in [9.17, 15) is 18.0 Å². The minimum atomic E-state index is -4.46. The molecule has 1 heterocycles. The van der Waals surface area contributed by atoms with Crippen LogP contribution in [0.3, 0.4) is 0 Å². The van der Waals surface area contributed by atoms with Crippen LogP contribution in [0.5, 0.6) is 0 Å². The van der Waals surface area contributed by atoms with Crippen molar-refractivity contribution in [2.45, 2.75) is 24.6 Å². The summed E-state index contributed by atoms with van der Waals surface area (Å²) in [6.07, 6.45) is -3.55. The van der Waals surface area contributed by atoms with Gasteiger partial charge in [0.05, 0.1) is 16.6 Å². The Bertz CT molecular complexity index is 722. The van der Waals surface area contributed by atoms with Crippen molar-refractivity contribution in [3.05, 3.63) is 46.6 Å². The van der Waals surface area contributed by atoms with Crippen LogP contribution in [0.1, 0.15) is 34.5 Å². The average Bonchev–Trinajstić information content (AvgIpc) is 3.10. The summed E-state index contributed by atoms with van der Waals surface area (Å²) in [6.45, 7) is 0. The maximum Gasteiger partial charge on any atom is 0.416 e. The van der Waals surface area contributed by atoms with Gasteiger partial charge in [0.25, 0.3) is 5.91 Å². The molecule has 1 aromatic carbocycles. The van der Waals surface area contributed by atoms with E-state index < -0.39 is 23.2 Å². The van der Waals surface area contributed by atoms with Crippen molar-refractivity contribution >= 4 is 22.2 Å². The van der Waals surface area contributed by atoms with Crippen molar-refractivity contribution in [2.75, 3.05) is 5.73 Å². The van der Waals surface area contributed by atoms with Crippen molar-refractivity contribution in [1.82, 2.24) is 10.3 Å². The van der Waals surface area contributed by atoms with Gasteiger partial charge in [0.1, 0.15) is 5.00 Å². The molecule has 1 fully saturated rings. The maximum atomic E-state index is 13.1. The van der Waals surface area contributed by atoms with E-state index in [1.807, 2.05) is 0 Å². The fraction of sp³-hybridized carbons (Fsp3) is 0.286. The summed E-state index contributed by atoms with van der Waals surface area (Å²) in [5, 5.41) is 2.91. The Hall–Kier alpha value is -2.09. The number of hydrogen-bond acceptors (Lipinski definition) is 4. The van der Waals surface area contributed by atoms with Crippen molar-refractivity contribution in [1.29, 1.82) is 0 Å². The molecule has 22 heavy (non-hydrogen) atoms. The zero-order chi connectivity index (χ0) is 16.0. The normalized spacial score (nSPS) is 16.3. The second kappa shape index (κ2) is 4.98. The molecule has 3 rings (SSSR count). The molecule has 4 nitrogen and oxygen atoms in total. The highest BCUT2D eigenvalue weighted by atomic mass is 32.1. The summed E-state index contributed by atoms with van der Waals surface area (Å²) in [4.78, 5) is 16.0. The number of aromatic nitrogens is 1. The van der Waals surface area contributed by atoms with Gasteiger partial charge in [-0.3, -0.25) is 4.79 Å². The van der Waals surface area contributed by atoms with Gasteiger partial charge in [0.2, 0.25) is 0 Å². The lowest BCUT2D eigenvalue weighted by Gasteiger charge is -2.22. The second-order valence-corrected chi connectivity index (χ2v) is 6.03. The number of alkyl halides is 3. The molecule has 2 aromatic rings. The predicted octanol–water partition coefficient (Wildman–Crippen LogP) is 3.16. The zero-order valence-electron chi connectivity index (χ0n) is 11.3. The summed E-state index contributed by atoms with van der Waals surface area (Å²) < 4.78 is 39.4. The molecule has 0 bridgehead atoms. The van der Waals surface area contributed by atoms with Gasteiger partial charge in [-0.2, -0.15) is 13.2 Å². The number of benzene rings is 1. The van der Waals surface area contributed by atoms with Crippen LogP contribution in [-0.4, -0.2) is 10.9 Å². The van der Waals surface area contributed by atoms with Crippen LogP contribution < -0.4 is 11.1 Å². The third-order valence-electron chi connectivity index (χ3n) is 3.66. The van der Waals surface area contributed by atoms with Gasteiger partial charge in [-0.1, -0.05) is 18.2 Å². The minimum Gasteiger partial charge on any atom is -0.389 e. The smallest absolute Gasteiger partial charge is 0.389 e. The first-order valence-corrected chi connectivity index (χ1v) is 7.40. The van der Waals surface area contributed by atoms with E-state index in [0.717, 1.165) is 17.4 Å². The lowest BCUT2D eigenvalue weighted by Crippen LogP contribution is -2.36. The molecule has 0 spiro atoms. The summed E-state index contributed by atoms with van der Waals surface area (Å²) in [5.41, 5.74) is 5.49. The highest BCUT2D eigenvalue weighted by molar-refractivity contribution is 7.14. The Labute approximate surface area is 128 Å². The van der Waals surface area contributed by atoms with Gasteiger partial charge in [-0.05, 0) is 24.5 Å². The quantitative estimate of drug-likeness (QED) is 0.910. The van der Waals surface area contributed by atoms with E-state index in [1.165, 1.54) is 23.7 Å². The molecule has 0 saturated heterocycles. The lowest BCUT2D eigenvalue weighted by atomic mass is 9.97. The van der Waals surface area contributed by atoms with E-state index >= 15 is 0 Å². The fourth-order valence-corrected chi connectivity index (χ4v) is 2.97. The van der Waals surface area contributed by atoms with E-state index in [0.29, 0.717) is 12.8 Å². The minimum absolute atomic E-state index is 0.0563. The number of nitrogen functional groups attached to an aromatic ring is 1. The number of hydrogen-bond donors (Lipinski definition) is 2. The molecule has 0 atom stereocenters. The molecular formula is C14H12F3N3OS. The summed E-state index contributed by atoms with van der Waals surface area (Å²) >= 11 is 1.11. The second-order valence-electron chi connectivity index (χ2n) is 5.14. The van der Waals surface area contributed by atoms with Crippen LogP contribution in [0.25, 0.3) is 0 Å². The van der Waals surface area contributed by atoms with E-state index in [2.05, 4.69) is 10.3 Å². The van der Waals surface area contributed by atoms with Crippen molar-refractivity contribution in [2.24, 2.45) is 0 Å². The third kappa shape index (κ3) is 2.54. The van der Waals surface area contributed by atoms with Crippen molar-refractivity contribution in [3.63, 3.8) is 0 Å². The Kier molecular flexibility index (Phi) is 3.36. The number of nitrogens with zero attached hydrogens (tertiary/aromatic N) is 1. The van der Waals surface area contributed by atoms with Gasteiger partial charge >= 0.3 is 6.18 Å². The monoisotopic (exact) mass is 327 g/mol. The molecule has 1 aliphatic carbocycles. The highest BCUT2D eigenvalue weighted by Crippen LogP contribution is 2.49. The van der Waals surface area contributed by atoms with Gasteiger partial charge in [0, 0.05) is 0 Å². The Morgan fingerprint density at radius 1 is 1.32 bits per heavy atom. The molecular weight excluding hydrogens is 315 g/mol. The van der Waals surface area contributed by atoms with E-state index in [-0.39, 0.29) is 16.3 Å². The third-order valence-corrected chi connectivity index (χ3v) is 4.32. The molecule has 0 unspecified atom stereocenters. The summed E-state index contributed by atoms with van der Waals surface area (Å²) in [6, 6.07) is 5.30. The number of halogens is 3. The van der Waals surface area contributed by atoms with Crippen molar-refractivity contribution in [3.8, 4) is 0 Å². The standard InChI is InChI=1S/C14H12F3N3OS/c15-14(16,17)9-4-2-1-3-8(9)13(5-6-13)20-12(21)10-11(18)22-7-19-10/h1-4,7H,5-6,18H2,(H,20,21). The summed E-state index contributed by atoms with van der Waals surface area (Å²) in [7, 11) is 0. The van der Waals surface area contributed by atoms with Crippen LogP contribution >= 0.6 is 11.3 Å². The number of nitrogens with one attached hydrogen (secondary N) is 1. The predicted molar refractivity (Wildman–Crippen MR) is 76.3 cm³/mol. The highest BCUT2D eigenvalue weighted by Gasteiger charge is 2.50. The molecule has 116 valence electrons. The first kappa shape index (κ1) is 14.8. The number of carbonyl (C=O) groups is 1. The van der Waals surface area contributed by atoms with Crippen LogP contribution in [-0.2, 0) is 11.7 Å². The van der Waals surface area contributed by atoms with Crippen LogP contribution in [0.2, 0.25) is 0 Å². The van der Waals surface area contributed by atoms with Crippen molar-refractivity contribution < 1.29 is 18.0 Å². The van der Waals surface area contributed by atoms with Gasteiger partial charge in [0.15, 0.2) is 5.69 Å². The number of thiazole rings is 1.